The van der Waals surface area contributed by atoms with Crippen LogP contribution in [0.2, 0.25) is 0 Å². The van der Waals surface area contributed by atoms with Gasteiger partial charge >= 0.3 is 0 Å². The summed E-state index contributed by atoms with van der Waals surface area (Å²) in [6, 6.07) is 13.0. The summed E-state index contributed by atoms with van der Waals surface area (Å²) in [6.07, 6.45) is -0.624. The number of methoxy groups -OCH3 is 1. The van der Waals surface area contributed by atoms with Crippen molar-refractivity contribution >= 4 is 28.6 Å². The number of hydrogen-bond acceptors (Lipinski definition) is 7. The second kappa shape index (κ2) is 10.1. The van der Waals surface area contributed by atoms with Gasteiger partial charge in [-0.1, -0.05) is 6.07 Å². The first-order chi connectivity index (χ1) is 14.1. The van der Waals surface area contributed by atoms with Crippen LogP contribution in [0.5, 0.6) is 11.5 Å². The molecule has 1 unspecified atom stereocenters. The van der Waals surface area contributed by atoms with Gasteiger partial charge in [0.15, 0.2) is 24.2 Å². The number of thiophene rings is 2. The number of aliphatic hydroxyl groups excluding tert-OH is 1. The first kappa shape index (κ1) is 20.9. The van der Waals surface area contributed by atoms with Gasteiger partial charge in [0.1, 0.15) is 6.07 Å². The first-order valence-electron chi connectivity index (χ1n) is 8.87. The molecule has 0 spiro atoms. The average molecular weight is 429 g/mol. The predicted octanol–water partition coefficient (Wildman–Crippen LogP) is 3.78. The van der Waals surface area contributed by atoms with E-state index in [9.17, 15) is 9.90 Å². The second-order valence-corrected chi connectivity index (χ2v) is 7.98. The van der Waals surface area contributed by atoms with Crippen molar-refractivity contribution in [1.29, 1.82) is 5.26 Å². The molecule has 0 aliphatic heterocycles. The summed E-state index contributed by atoms with van der Waals surface area (Å²) in [5, 5.41) is 25.7. The Labute approximate surface area is 177 Å². The lowest BCUT2D eigenvalue weighted by Gasteiger charge is -2.12. The lowest BCUT2D eigenvalue weighted by atomic mass is 10.1. The number of carbonyl (C=O) groups excluding carboxylic acids is 1. The van der Waals surface area contributed by atoms with E-state index in [0.717, 1.165) is 16.0 Å². The van der Waals surface area contributed by atoms with Crippen molar-refractivity contribution in [3.63, 3.8) is 0 Å². The van der Waals surface area contributed by atoms with Gasteiger partial charge in [-0.3, -0.25) is 4.79 Å². The second-order valence-electron chi connectivity index (χ2n) is 6.09. The molecule has 0 aliphatic rings. The molecular formula is C21H20N2O4S2. The van der Waals surface area contributed by atoms with Gasteiger partial charge in [-0.25, -0.2) is 0 Å². The minimum atomic E-state index is -1.19. The molecule has 0 saturated carbocycles. The summed E-state index contributed by atoms with van der Waals surface area (Å²) >= 11 is 3.02. The van der Waals surface area contributed by atoms with Crippen LogP contribution >= 0.6 is 22.7 Å². The Balaban J connectivity index is 1.53. The number of benzene rings is 1. The quantitative estimate of drug-likeness (QED) is 0.541. The normalized spacial score (nSPS) is 11.5. The zero-order chi connectivity index (χ0) is 20.6. The van der Waals surface area contributed by atoms with Gasteiger partial charge in [0.2, 0.25) is 0 Å². The van der Waals surface area contributed by atoms with Crippen LogP contribution in [0.3, 0.4) is 0 Å². The Morgan fingerprint density at radius 2 is 2.14 bits per heavy atom. The van der Waals surface area contributed by atoms with Crippen LogP contribution in [-0.4, -0.2) is 31.3 Å². The van der Waals surface area contributed by atoms with E-state index in [-0.39, 0.29) is 6.61 Å². The number of carbonyl (C=O) groups is 1. The fourth-order valence-corrected chi connectivity index (χ4v) is 4.43. The summed E-state index contributed by atoms with van der Waals surface area (Å²) < 4.78 is 10.6. The zero-order valence-electron chi connectivity index (χ0n) is 15.8. The lowest BCUT2D eigenvalue weighted by Crippen LogP contribution is -2.30. The third kappa shape index (κ3) is 5.35. The SMILES string of the molecule is COc1cc(CCNC(=O)C(O)c2ccc(-c3ccsc3)s2)ccc1OCC#N. The molecule has 29 heavy (non-hydrogen) atoms. The van der Waals surface area contributed by atoms with Crippen LogP contribution in [-0.2, 0) is 11.2 Å². The Morgan fingerprint density at radius 3 is 2.86 bits per heavy atom. The molecule has 0 saturated heterocycles. The summed E-state index contributed by atoms with van der Waals surface area (Å²) in [5.74, 6) is 0.602. The van der Waals surface area contributed by atoms with Gasteiger partial charge in [-0.05, 0) is 53.1 Å². The minimum absolute atomic E-state index is 0.0551. The number of nitrogens with one attached hydrogen (secondary N) is 1. The van der Waals surface area contributed by atoms with E-state index in [1.54, 1.807) is 23.5 Å². The van der Waals surface area contributed by atoms with E-state index in [0.29, 0.717) is 29.3 Å². The van der Waals surface area contributed by atoms with Crippen LogP contribution in [0.15, 0.2) is 47.2 Å². The molecule has 2 N–H and O–H groups in total. The van der Waals surface area contributed by atoms with Crippen LogP contribution in [0.25, 0.3) is 10.4 Å². The Kier molecular flexibility index (Phi) is 7.25. The summed E-state index contributed by atoms with van der Waals surface area (Å²) in [4.78, 5) is 13.9. The molecule has 0 aliphatic carbocycles. The number of aliphatic hydroxyl groups is 1. The fourth-order valence-electron chi connectivity index (χ4n) is 2.71. The van der Waals surface area contributed by atoms with Gasteiger partial charge in [0.25, 0.3) is 5.91 Å². The standard InChI is InChI=1S/C21H20N2O4S2/c1-26-17-12-14(2-3-16(17)27-10-8-22)6-9-23-21(25)20(24)19-5-4-18(29-19)15-7-11-28-13-15/h2-5,7,11-13,20,24H,6,9-10H2,1H3,(H,23,25). The molecule has 0 fully saturated rings. The first-order valence-corrected chi connectivity index (χ1v) is 10.6. The number of nitrogens with zero attached hydrogens (tertiary/aromatic N) is 1. The van der Waals surface area contributed by atoms with E-state index in [4.69, 9.17) is 14.7 Å². The molecule has 1 aromatic carbocycles. The number of amides is 1. The van der Waals surface area contributed by atoms with Crippen molar-refractivity contribution in [2.75, 3.05) is 20.3 Å². The van der Waals surface area contributed by atoms with Gasteiger partial charge in [-0.2, -0.15) is 16.6 Å². The van der Waals surface area contributed by atoms with Gasteiger partial charge < -0.3 is 19.9 Å². The third-order valence-corrected chi connectivity index (χ3v) is 6.05. The number of rotatable bonds is 9. The number of hydrogen-bond donors (Lipinski definition) is 2. The highest BCUT2D eigenvalue weighted by molar-refractivity contribution is 7.16. The van der Waals surface area contributed by atoms with Crippen molar-refractivity contribution in [3.8, 4) is 28.0 Å². The van der Waals surface area contributed by atoms with Crippen molar-refractivity contribution in [1.82, 2.24) is 5.32 Å². The molecule has 150 valence electrons. The van der Waals surface area contributed by atoms with Crippen LogP contribution < -0.4 is 14.8 Å². The summed E-state index contributed by atoms with van der Waals surface area (Å²) in [7, 11) is 1.53. The summed E-state index contributed by atoms with van der Waals surface area (Å²) in [6.45, 7) is 0.320. The highest BCUT2D eigenvalue weighted by Crippen LogP contribution is 2.32. The molecular weight excluding hydrogens is 408 g/mol. The summed E-state index contributed by atoms with van der Waals surface area (Å²) in [5.41, 5.74) is 2.03. The van der Waals surface area contributed by atoms with E-state index < -0.39 is 12.0 Å². The highest BCUT2D eigenvalue weighted by atomic mass is 32.1. The molecule has 6 nitrogen and oxygen atoms in total. The van der Waals surface area contributed by atoms with Crippen molar-refractivity contribution in [2.24, 2.45) is 0 Å². The van der Waals surface area contributed by atoms with E-state index >= 15 is 0 Å². The Morgan fingerprint density at radius 1 is 1.28 bits per heavy atom. The smallest absolute Gasteiger partial charge is 0.254 e. The topological polar surface area (TPSA) is 91.6 Å². The highest BCUT2D eigenvalue weighted by Gasteiger charge is 2.19. The number of nitriles is 1. The van der Waals surface area contributed by atoms with Gasteiger partial charge in [-0.15, -0.1) is 11.3 Å². The largest absolute Gasteiger partial charge is 0.493 e. The maximum Gasteiger partial charge on any atom is 0.254 e. The molecule has 1 atom stereocenters. The van der Waals surface area contributed by atoms with E-state index in [2.05, 4.69) is 5.32 Å². The predicted molar refractivity (Wildman–Crippen MR) is 113 cm³/mol. The Bertz CT molecular complexity index is 993. The van der Waals surface area contributed by atoms with Gasteiger partial charge in [0.05, 0.1) is 7.11 Å². The maximum absolute atomic E-state index is 12.3. The molecule has 8 heteroatoms. The molecule has 1 amide bonds. The monoisotopic (exact) mass is 428 g/mol. The van der Waals surface area contributed by atoms with Crippen LogP contribution in [0, 0.1) is 11.3 Å². The fraction of sp³-hybridized carbons (Fsp3) is 0.238. The third-order valence-electron chi connectivity index (χ3n) is 4.18. The van der Waals surface area contributed by atoms with Crippen molar-refractivity contribution in [2.45, 2.75) is 12.5 Å². The van der Waals surface area contributed by atoms with Crippen molar-refractivity contribution < 1.29 is 19.4 Å². The number of ether oxygens (including phenoxy) is 2. The lowest BCUT2D eigenvalue weighted by molar-refractivity contribution is -0.129. The zero-order valence-corrected chi connectivity index (χ0v) is 17.4. The van der Waals surface area contributed by atoms with Crippen LogP contribution in [0.1, 0.15) is 16.5 Å². The molecule has 0 bridgehead atoms. The molecule has 3 aromatic rings. The molecule has 0 radical (unpaired) electrons. The van der Waals surface area contributed by atoms with E-state index in [1.807, 2.05) is 41.1 Å². The van der Waals surface area contributed by atoms with Gasteiger partial charge in [0, 0.05) is 21.9 Å². The van der Waals surface area contributed by atoms with Crippen LogP contribution in [0.4, 0.5) is 0 Å². The Hall–Kier alpha value is -2.86. The minimum Gasteiger partial charge on any atom is -0.493 e. The molecule has 2 heterocycles. The van der Waals surface area contributed by atoms with Crippen molar-refractivity contribution in [3.05, 3.63) is 57.6 Å². The average Bonchev–Trinajstić information content (AvgIpc) is 3.43. The molecule has 2 aromatic heterocycles. The van der Waals surface area contributed by atoms with E-state index in [1.165, 1.54) is 18.4 Å². The molecule has 3 rings (SSSR count). The maximum atomic E-state index is 12.3.